The first-order valence-electron chi connectivity index (χ1n) is 9.18. The predicted octanol–water partition coefficient (Wildman–Crippen LogP) is 3.51. The van der Waals surface area contributed by atoms with Crippen LogP contribution in [0.25, 0.3) is 11.0 Å². The van der Waals surface area contributed by atoms with Crippen LogP contribution in [0.4, 0.5) is 5.95 Å². The minimum atomic E-state index is -0.388. The number of fused-ring (bicyclic) bond motifs is 3. The zero-order valence-electron chi connectivity index (χ0n) is 15.5. The summed E-state index contributed by atoms with van der Waals surface area (Å²) >= 11 is 0. The standard InChI is InChI=1S/C20H23N5O2/c1-3-12-27-17-13(8-7-11-16(17)26-4-2)18-23-19(21)24-20-22-14-9-5-6-10-15(14)25(18)20/h5-11,18H,3-4,12H2,1-2H3,(H3,21,22,23,24)/t18-/m1/s1. The number of imidazole rings is 1. The summed E-state index contributed by atoms with van der Waals surface area (Å²) in [6.07, 6.45) is 0.512. The lowest BCUT2D eigenvalue weighted by Crippen LogP contribution is -2.31. The molecular weight excluding hydrogens is 342 g/mol. The second kappa shape index (κ2) is 7.19. The van der Waals surface area contributed by atoms with E-state index in [9.17, 15) is 0 Å². The van der Waals surface area contributed by atoms with Gasteiger partial charge in [0.1, 0.15) is 0 Å². The number of nitrogens with two attached hydrogens (primary N) is 1. The molecule has 7 nitrogen and oxygen atoms in total. The van der Waals surface area contributed by atoms with E-state index < -0.39 is 0 Å². The van der Waals surface area contributed by atoms with Crippen LogP contribution in [0.5, 0.6) is 11.5 Å². The van der Waals surface area contributed by atoms with Gasteiger partial charge in [0, 0.05) is 5.56 Å². The summed E-state index contributed by atoms with van der Waals surface area (Å²) in [4.78, 5) is 9.31. The number of aromatic nitrogens is 2. The highest BCUT2D eigenvalue weighted by Gasteiger charge is 2.28. The summed E-state index contributed by atoms with van der Waals surface area (Å²) in [5.41, 5.74) is 8.81. The number of guanidine groups is 1. The number of anilines is 1. The van der Waals surface area contributed by atoms with Gasteiger partial charge < -0.3 is 15.2 Å². The lowest BCUT2D eigenvalue weighted by molar-refractivity contribution is 0.272. The van der Waals surface area contributed by atoms with Crippen LogP contribution in [0.2, 0.25) is 0 Å². The van der Waals surface area contributed by atoms with Crippen molar-refractivity contribution in [3.63, 3.8) is 0 Å². The number of hydrogen-bond acceptors (Lipinski definition) is 6. The Morgan fingerprint density at radius 1 is 1.11 bits per heavy atom. The minimum absolute atomic E-state index is 0.325. The van der Waals surface area contributed by atoms with E-state index in [0.717, 1.165) is 23.0 Å². The molecule has 7 heteroatoms. The molecule has 1 atom stereocenters. The highest BCUT2D eigenvalue weighted by atomic mass is 16.5. The zero-order chi connectivity index (χ0) is 18.8. The van der Waals surface area contributed by atoms with Gasteiger partial charge in [0.25, 0.3) is 0 Å². The summed E-state index contributed by atoms with van der Waals surface area (Å²) in [5.74, 6) is 2.40. The molecule has 0 saturated heterocycles. The average molecular weight is 365 g/mol. The van der Waals surface area contributed by atoms with Crippen molar-refractivity contribution in [1.82, 2.24) is 9.55 Å². The molecule has 27 heavy (non-hydrogen) atoms. The molecule has 0 amide bonds. The Labute approximate surface area is 157 Å². The molecular formula is C20H23N5O2. The molecule has 3 aromatic rings. The Kier molecular flexibility index (Phi) is 4.58. The molecule has 0 radical (unpaired) electrons. The quantitative estimate of drug-likeness (QED) is 0.698. The van der Waals surface area contributed by atoms with Gasteiger partial charge in [-0.2, -0.15) is 0 Å². The van der Waals surface area contributed by atoms with E-state index in [1.165, 1.54) is 0 Å². The predicted molar refractivity (Wildman–Crippen MR) is 107 cm³/mol. The number of ether oxygens (including phenoxy) is 2. The van der Waals surface area contributed by atoms with Gasteiger partial charge in [0.2, 0.25) is 5.95 Å². The van der Waals surface area contributed by atoms with E-state index >= 15 is 0 Å². The lowest BCUT2D eigenvalue weighted by Gasteiger charge is -2.26. The number of aliphatic imine (C=N–C) groups is 1. The molecule has 0 unspecified atom stereocenters. The molecule has 0 bridgehead atoms. The smallest absolute Gasteiger partial charge is 0.212 e. The van der Waals surface area contributed by atoms with E-state index in [1.54, 1.807) is 0 Å². The van der Waals surface area contributed by atoms with Crippen molar-refractivity contribution >= 4 is 22.9 Å². The Morgan fingerprint density at radius 2 is 1.96 bits per heavy atom. The highest BCUT2D eigenvalue weighted by molar-refractivity contribution is 5.94. The van der Waals surface area contributed by atoms with Crippen LogP contribution in [-0.4, -0.2) is 28.7 Å². The number of para-hydroxylation sites is 3. The van der Waals surface area contributed by atoms with Crippen LogP contribution in [0.3, 0.4) is 0 Å². The Bertz CT molecular complexity index is 995. The van der Waals surface area contributed by atoms with Gasteiger partial charge in [-0.25, -0.2) is 9.98 Å². The lowest BCUT2D eigenvalue weighted by atomic mass is 10.1. The zero-order valence-corrected chi connectivity index (χ0v) is 15.5. The average Bonchev–Trinajstić information content (AvgIpc) is 3.04. The summed E-state index contributed by atoms with van der Waals surface area (Å²) in [7, 11) is 0. The third kappa shape index (κ3) is 3.05. The van der Waals surface area contributed by atoms with Gasteiger partial charge >= 0.3 is 0 Å². The SMILES string of the molecule is CCCOc1c(OCC)cccc1[C@@H]1N=C(N)Nc2nc3ccccc3n21. The fraction of sp³-hybridized carbons (Fsp3) is 0.300. The second-order valence-corrected chi connectivity index (χ2v) is 6.26. The third-order valence-electron chi connectivity index (χ3n) is 4.38. The largest absolute Gasteiger partial charge is 0.490 e. The monoisotopic (exact) mass is 365 g/mol. The van der Waals surface area contributed by atoms with Crippen molar-refractivity contribution in [2.75, 3.05) is 18.5 Å². The summed E-state index contributed by atoms with van der Waals surface area (Å²) in [6.45, 7) is 5.19. The number of benzene rings is 2. The summed E-state index contributed by atoms with van der Waals surface area (Å²) in [5, 5.41) is 3.06. The second-order valence-electron chi connectivity index (χ2n) is 6.26. The highest BCUT2D eigenvalue weighted by Crippen LogP contribution is 2.40. The molecule has 2 heterocycles. The van der Waals surface area contributed by atoms with Crippen molar-refractivity contribution in [3.8, 4) is 11.5 Å². The minimum Gasteiger partial charge on any atom is -0.490 e. The van der Waals surface area contributed by atoms with E-state index in [-0.39, 0.29) is 6.17 Å². The van der Waals surface area contributed by atoms with E-state index in [4.69, 9.17) is 15.2 Å². The van der Waals surface area contributed by atoms with Crippen molar-refractivity contribution in [2.45, 2.75) is 26.4 Å². The molecule has 0 aliphatic carbocycles. The fourth-order valence-corrected chi connectivity index (χ4v) is 3.29. The molecule has 0 saturated carbocycles. The van der Waals surface area contributed by atoms with Crippen LogP contribution in [-0.2, 0) is 0 Å². The van der Waals surface area contributed by atoms with E-state index in [1.807, 2.05) is 54.0 Å². The first kappa shape index (κ1) is 17.2. The molecule has 1 aromatic heterocycles. The number of nitrogens with one attached hydrogen (secondary N) is 1. The summed E-state index contributed by atoms with van der Waals surface area (Å²) < 4.78 is 13.9. The fourth-order valence-electron chi connectivity index (χ4n) is 3.29. The Balaban J connectivity index is 1.90. The number of rotatable bonds is 6. The number of nitrogens with zero attached hydrogens (tertiary/aromatic N) is 3. The van der Waals surface area contributed by atoms with E-state index in [2.05, 4.69) is 22.2 Å². The first-order valence-corrected chi connectivity index (χ1v) is 9.18. The van der Waals surface area contributed by atoms with Crippen LogP contribution in [0, 0.1) is 0 Å². The third-order valence-corrected chi connectivity index (χ3v) is 4.38. The first-order chi connectivity index (χ1) is 13.2. The molecule has 1 aliphatic heterocycles. The molecule has 140 valence electrons. The number of hydrogen-bond donors (Lipinski definition) is 2. The van der Waals surface area contributed by atoms with Gasteiger partial charge in [0.05, 0.1) is 24.2 Å². The molecule has 0 spiro atoms. The van der Waals surface area contributed by atoms with Crippen molar-refractivity contribution in [3.05, 3.63) is 48.0 Å². The Hall–Kier alpha value is -3.22. The maximum Gasteiger partial charge on any atom is 0.212 e. The van der Waals surface area contributed by atoms with Gasteiger partial charge in [-0.15, -0.1) is 0 Å². The van der Waals surface area contributed by atoms with E-state index in [0.29, 0.717) is 36.6 Å². The van der Waals surface area contributed by atoms with Gasteiger partial charge in [-0.3, -0.25) is 9.88 Å². The van der Waals surface area contributed by atoms with Crippen LogP contribution in [0.1, 0.15) is 32.0 Å². The van der Waals surface area contributed by atoms with Crippen LogP contribution in [0.15, 0.2) is 47.5 Å². The maximum absolute atomic E-state index is 6.07. The molecule has 2 aromatic carbocycles. The summed E-state index contributed by atoms with van der Waals surface area (Å²) in [6, 6.07) is 13.8. The normalized spacial score (nSPS) is 15.8. The Morgan fingerprint density at radius 3 is 2.78 bits per heavy atom. The van der Waals surface area contributed by atoms with Crippen molar-refractivity contribution in [1.29, 1.82) is 0 Å². The van der Waals surface area contributed by atoms with Crippen LogP contribution < -0.4 is 20.5 Å². The van der Waals surface area contributed by atoms with Crippen molar-refractivity contribution in [2.24, 2.45) is 10.7 Å². The van der Waals surface area contributed by atoms with Gasteiger partial charge in [-0.1, -0.05) is 31.2 Å². The molecule has 1 aliphatic rings. The molecule has 0 fully saturated rings. The van der Waals surface area contributed by atoms with Gasteiger partial charge in [0.15, 0.2) is 23.6 Å². The van der Waals surface area contributed by atoms with Crippen molar-refractivity contribution < 1.29 is 9.47 Å². The topological polar surface area (TPSA) is 86.7 Å². The van der Waals surface area contributed by atoms with Crippen LogP contribution >= 0.6 is 0 Å². The molecule has 3 N–H and O–H groups in total. The molecule has 4 rings (SSSR count). The maximum atomic E-state index is 6.07. The van der Waals surface area contributed by atoms with Gasteiger partial charge in [-0.05, 0) is 31.5 Å².